The summed E-state index contributed by atoms with van der Waals surface area (Å²) in [5.41, 5.74) is 1.14. The van der Waals surface area contributed by atoms with Crippen LogP contribution in [0, 0.1) is 0 Å². The standard InChI is InChI=1S/C15H13ClN2O3S/c1-2-11-5-3-4-6-14(11)17-15(19)18-22(20,21)13-9-7-12(16)8-10-13/h2-10H,1H2,(H2,17,18,19). The molecular formula is C15H13ClN2O3S. The van der Waals surface area contributed by atoms with Crippen LogP contribution in [0.4, 0.5) is 10.5 Å². The molecule has 2 aromatic rings. The van der Waals surface area contributed by atoms with Gasteiger partial charge in [0.2, 0.25) is 0 Å². The summed E-state index contributed by atoms with van der Waals surface area (Å²) in [6.07, 6.45) is 1.56. The van der Waals surface area contributed by atoms with Crippen LogP contribution in [0.15, 0.2) is 60.0 Å². The van der Waals surface area contributed by atoms with E-state index in [0.717, 1.165) is 0 Å². The SMILES string of the molecule is C=Cc1ccccc1NC(=O)NS(=O)(=O)c1ccc(Cl)cc1. The van der Waals surface area contributed by atoms with E-state index in [2.05, 4.69) is 11.9 Å². The third-order valence-electron chi connectivity index (χ3n) is 2.78. The molecule has 0 saturated heterocycles. The van der Waals surface area contributed by atoms with Crippen molar-refractivity contribution in [3.8, 4) is 0 Å². The number of hydrogen-bond acceptors (Lipinski definition) is 3. The van der Waals surface area contributed by atoms with Crippen molar-refractivity contribution in [2.45, 2.75) is 4.90 Å². The molecule has 22 heavy (non-hydrogen) atoms. The molecule has 0 unspecified atom stereocenters. The Morgan fingerprint density at radius 3 is 2.36 bits per heavy atom. The van der Waals surface area contributed by atoms with Crippen LogP contribution in [-0.2, 0) is 10.0 Å². The molecule has 0 atom stereocenters. The largest absolute Gasteiger partial charge is 0.333 e. The van der Waals surface area contributed by atoms with Gasteiger partial charge >= 0.3 is 6.03 Å². The van der Waals surface area contributed by atoms with Gasteiger partial charge in [0.25, 0.3) is 10.0 Å². The van der Waals surface area contributed by atoms with Crippen LogP contribution in [0.1, 0.15) is 5.56 Å². The summed E-state index contributed by atoms with van der Waals surface area (Å²) in [7, 11) is -3.96. The molecule has 0 radical (unpaired) electrons. The topological polar surface area (TPSA) is 75.3 Å². The predicted octanol–water partition coefficient (Wildman–Crippen LogP) is 3.49. The Morgan fingerprint density at radius 2 is 1.73 bits per heavy atom. The van der Waals surface area contributed by atoms with Gasteiger partial charge in [-0.05, 0) is 35.9 Å². The van der Waals surface area contributed by atoms with Gasteiger partial charge in [-0.25, -0.2) is 17.9 Å². The van der Waals surface area contributed by atoms with Crippen LogP contribution < -0.4 is 10.0 Å². The van der Waals surface area contributed by atoms with Crippen molar-refractivity contribution < 1.29 is 13.2 Å². The quantitative estimate of drug-likeness (QED) is 0.897. The number of rotatable bonds is 4. The Morgan fingerprint density at radius 1 is 1.09 bits per heavy atom. The molecule has 0 aromatic heterocycles. The Labute approximate surface area is 133 Å². The van der Waals surface area contributed by atoms with Gasteiger partial charge in [-0.1, -0.05) is 42.5 Å². The van der Waals surface area contributed by atoms with Gasteiger partial charge < -0.3 is 5.32 Å². The molecule has 0 bridgehead atoms. The van der Waals surface area contributed by atoms with Crippen molar-refractivity contribution in [2.75, 3.05) is 5.32 Å². The smallest absolute Gasteiger partial charge is 0.307 e. The Bertz CT molecular complexity index is 802. The average molecular weight is 337 g/mol. The lowest BCUT2D eigenvalue weighted by atomic mass is 10.2. The molecule has 2 N–H and O–H groups in total. The molecule has 2 rings (SSSR count). The minimum atomic E-state index is -3.96. The minimum Gasteiger partial charge on any atom is -0.307 e. The molecule has 0 spiro atoms. The number of benzene rings is 2. The van der Waals surface area contributed by atoms with E-state index < -0.39 is 16.1 Å². The number of anilines is 1. The lowest BCUT2D eigenvalue weighted by Crippen LogP contribution is -2.34. The second-order valence-corrected chi connectivity index (χ2v) is 6.42. The third kappa shape index (κ3) is 3.87. The number of para-hydroxylation sites is 1. The van der Waals surface area contributed by atoms with Gasteiger partial charge in [0, 0.05) is 10.7 Å². The fourth-order valence-electron chi connectivity index (χ4n) is 1.73. The van der Waals surface area contributed by atoms with Gasteiger partial charge in [0.1, 0.15) is 0 Å². The number of nitrogens with one attached hydrogen (secondary N) is 2. The summed E-state index contributed by atoms with van der Waals surface area (Å²) in [4.78, 5) is 11.8. The fourth-order valence-corrected chi connectivity index (χ4v) is 2.76. The van der Waals surface area contributed by atoms with Crippen LogP contribution >= 0.6 is 11.6 Å². The van der Waals surface area contributed by atoms with E-state index in [4.69, 9.17) is 11.6 Å². The molecule has 0 fully saturated rings. The molecule has 114 valence electrons. The zero-order chi connectivity index (χ0) is 16.2. The van der Waals surface area contributed by atoms with Crippen LogP contribution in [0.3, 0.4) is 0 Å². The Balaban J connectivity index is 2.14. The number of carbonyl (C=O) groups excluding carboxylic acids is 1. The fraction of sp³-hybridized carbons (Fsp3) is 0. The van der Waals surface area contributed by atoms with E-state index in [1.165, 1.54) is 24.3 Å². The van der Waals surface area contributed by atoms with Gasteiger partial charge in [-0.3, -0.25) is 0 Å². The highest BCUT2D eigenvalue weighted by Gasteiger charge is 2.17. The number of sulfonamides is 1. The van der Waals surface area contributed by atoms with Crippen molar-refractivity contribution >= 4 is 39.4 Å². The minimum absolute atomic E-state index is 0.0518. The maximum Gasteiger partial charge on any atom is 0.333 e. The molecular weight excluding hydrogens is 324 g/mol. The van der Waals surface area contributed by atoms with E-state index in [9.17, 15) is 13.2 Å². The van der Waals surface area contributed by atoms with Crippen LogP contribution in [0.5, 0.6) is 0 Å². The zero-order valence-corrected chi connectivity index (χ0v) is 13.0. The highest BCUT2D eigenvalue weighted by molar-refractivity contribution is 7.90. The predicted molar refractivity (Wildman–Crippen MR) is 87.3 cm³/mol. The number of amides is 2. The summed E-state index contributed by atoms with van der Waals surface area (Å²) >= 11 is 5.70. The zero-order valence-electron chi connectivity index (χ0n) is 11.4. The summed E-state index contributed by atoms with van der Waals surface area (Å²) in [5.74, 6) is 0. The number of urea groups is 1. The van der Waals surface area contributed by atoms with Gasteiger partial charge in [0.05, 0.1) is 4.90 Å². The second kappa shape index (κ2) is 6.64. The van der Waals surface area contributed by atoms with E-state index in [1.807, 2.05) is 4.72 Å². The maximum atomic E-state index is 12.1. The van der Waals surface area contributed by atoms with E-state index in [-0.39, 0.29) is 4.90 Å². The van der Waals surface area contributed by atoms with Gasteiger partial charge in [0.15, 0.2) is 0 Å². The van der Waals surface area contributed by atoms with Crippen molar-refractivity contribution in [2.24, 2.45) is 0 Å². The van der Waals surface area contributed by atoms with Crippen molar-refractivity contribution in [1.29, 1.82) is 0 Å². The molecule has 2 amide bonds. The summed E-state index contributed by atoms with van der Waals surface area (Å²) in [6, 6.07) is 11.5. The molecule has 0 aliphatic carbocycles. The Kier molecular flexibility index (Phi) is 4.85. The number of carbonyl (C=O) groups is 1. The average Bonchev–Trinajstić information content (AvgIpc) is 2.47. The molecule has 7 heteroatoms. The molecule has 0 heterocycles. The lowest BCUT2D eigenvalue weighted by molar-refractivity contribution is 0.256. The van der Waals surface area contributed by atoms with Crippen LogP contribution in [0.2, 0.25) is 5.02 Å². The number of halogens is 1. The number of hydrogen-bond donors (Lipinski definition) is 2. The maximum absolute atomic E-state index is 12.1. The first kappa shape index (κ1) is 16.1. The molecule has 2 aromatic carbocycles. The van der Waals surface area contributed by atoms with E-state index in [0.29, 0.717) is 16.3 Å². The highest BCUT2D eigenvalue weighted by Crippen LogP contribution is 2.17. The summed E-state index contributed by atoms with van der Waals surface area (Å²) < 4.78 is 26.1. The molecule has 0 aliphatic rings. The van der Waals surface area contributed by atoms with Gasteiger partial charge in [-0.2, -0.15) is 0 Å². The van der Waals surface area contributed by atoms with E-state index in [1.54, 1.807) is 30.3 Å². The van der Waals surface area contributed by atoms with Crippen molar-refractivity contribution in [3.05, 3.63) is 65.7 Å². The van der Waals surface area contributed by atoms with Crippen LogP contribution in [0.25, 0.3) is 6.08 Å². The van der Waals surface area contributed by atoms with Gasteiger partial charge in [-0.15, -0.1) is 0 Å². The van der Waals surface area contributed by atoms with Crippen molar-refractivity contribution in [1.82, 2.24) is 4.72 Å². The second-order valence-electron chi connectivity index (χ2n) is 4.30. The normalized spacial score (nSPS) is 10.8. The van der Waals surface area contributed by atoms with Crippen molar-refractivity contribution in [3.63, 3.8) is 0 Å². The Hall–Kier alpha value is -2.31. The summed E-state index contributed by atoms with van der Waals surface area (Å²) in [6.45, 7) is 3.63. The molecule has 0 saturated carbocycles. The lowest BCUT2D eigenvalue weighted by Gasteiger charge is -2.10. The first-order valence-corrected chi connectivity index (χ1v) is 8.09. The first-order valence-electron chi connectivity index (χ1n) is 6.23. The monoisotopic (exact) mass is 336 g/mol. The first-order chi connectivity index (χ1) is 10.4. The van der Waals surface area contributed by atoms with Crippen LogP contribution in [-0.4, -0.2) is 14.4 Å². The molecule has 5 nitrogen and oxygen atoms in total. The third-order valence-corrected chi connectivity index (χ3v) is 4.38. The molecule has 0 aliphatic heterocycles. The highest BCUT2D eigenvalue weighted by atomic mass is 35.5. The van der Waals surface area contributed by atoms with E-state index >= 15 is 0 Å². The summed E-state index contributed by atoms with van der Waals surface area (Å²) in [5, 5.41) is 2.88.